The molecular formula is C20H22N2O2. The number of likely N-dealkylation sites (tertiary alicyclic amines) is 1. The molecule has 2 N–H and O–H groups in total. The average molecular weight is 322 g/mol. The molecule has 24 heavy (non-hydrogen) atoms. The maximum absolute atomic E-state index is 11.0. The van der Waals surface area contributed by atoms with Crippen LogP contribution in [0.1, 0.15) is 35.6 Å². The van der Waals surface area contributed by atoms with Crippen LogP contribution in [0.2, 0.25) is 0 Å². The summed E-state index contributed by atoms with van der Waals surface area (Å²) in [4.78, 5) is 13.6. The van der Waals surface area contributed by atoms with Crippen molar-refractivity contribution in [2.75, 3.05) is 6.54 Å². The molecule has 0 aromatic heterocycles. The summed E-state index contributed by atoms with van der Waals surface area (Å²) in [6, 6.07) is 19.3. The summed E-state index contributed by atoms with van der Waals surface area (Å²) < 4.78 is 0. The molecular weight excluding hydrogens is 300 g/mol. The molecule has 3 rings (SSSR count). The van der Waals surface area contributed by atoms with E-state index in [-0.39, 0.29) is 0 Å². The molecule has 1 atom stereocenters. The molecule has 1 amide bonds. The van der Waals surface area contributed by atoms with Gasteiger partial charge in [0.1, 0.15) is 0 Å². The van der Waals surface area contributed by atoms with E-state index in [0.717, 1.165) is 18.7 Å². The van der Waals surface area contributed by atoms with Gasteiger partial charge in [-0.2, -0.15) is 0 Å². The summed E-state index contributed by atoms with van der Waals surface area (Å²) in [5.74, 6) is -0.524. The van der Waals surface area contributed by atoms with Gasteiger partial charge in [0.05, 0.1) is 0 Å². The molecule has 124 valence electrons. The lowest BCUT2D eigenvalue weighted by Crippen LogP contribution is -2.22. The number of nitrogens with zero attached hydrogens (tertiary/aromatic N) is 1. The van der Waals surface area contributed by atoms with Crippen molar-refractivity contribution in [3.8, 4) is 0 Å². The Balaban J connectivity index is 1.68. The minimum atomic E-state index is -0.524. The van der Waals surface area contributed by atoms with Crippen molar-refractivity contribution in [2.45, 2.75) is 25.4 Å². The van der Waals surface area contributed by atoms with Crippen molar-refractivity contribution in [1.82, 2.24) is 10.4 Å². The maximum atomic E-state index is 11.0. The molecule has 0 radical (unpaired) electrons. The highest BCUT2D eigenvalue weighted by atomic mass is 16.5. The Bertz CT molecular complexity index is 695. The van der Waals surface area contributed by atoms with Crippen LogP contribution in [0.3, 0.4) is 0 Å². The fourth-order valence-electron chi connectivity index (χ4n) is 3.25. The Morgan fingerprint density at radius 3 is 2.62 bits per heavy atom. The summed E-state index contributed by atoms with van der Waals surface area (Å²) >= 11 is 0. The van der Waals surface area contributed by atoms with E-state index in [1.807, 2.05) is 18.2 Å². The highest BCUT2D eigenvalue weighted by Crippen LogP contribution is 2.33. The van der Waals surface area contributed by atoms with Crippen LogP contribution in [-0.2, 0) is 11.3 Å². The number of amides is 1. The van der Waals surface area contributed by atoms with E-state index in [4.69, 9.17) is 5.21 Å². The van der Waals surface area contributed by atoms with Gasteiger partial charge in [0, 0.05) is 18.7 Å². The molecule has 1 heterocycles. The van der Waals surface area contributed by atoms with Crippen molar-refractivity contribution in [2.24, 2.45) is 0 Å². The highest BCUT2D eigenvalue weighted by molar-refractivity contribution is 5.90. The SMILES string of the molecule is O=C(C=Cc1ccc(C2CCCN2Cc2ccccc2)cc1)NO. The monoisotopic (exact) mass is 322 g/mol. The smallest absolute Gasteiger partial charge is 0.267 e. The third-order valence-electron chi connectivity index (χ3n) is 4.45. The lowest BCUT2D eigenvalue weighted by atomic mass is 10.0. The molecule has 2 aromatic carbocycles. The number of carbonyl (C=O) groups excluding carboxylic acids is 1. The zero-order chi connectivity index (χ0) is 16.8. The van der Waals surface area contributed by atoms with Crippen molar-refractivity contribution < 1.29 is 10.0 Å². The summed E-state index contributed by atoms with van der Waals surface area (Å²) in [5.41, 5.74) is 5.19. The van der Waals surface area contributed by atoms with E-state index in [1.54, 1.807) is 11.6 Å². The number of carbonyl (C=O) groups is 1. The van der Waals surface area contributed by atoms with E-state index in [1.165, 1.54) is 30.0 Å². The van der Waals surface area contributed by atoms with E-state index in [0.29, 0.717) is 6.04 Å². The second-order valence-electron chi connectivity index (χ2n) is 6.09. The predicted octanol–water partition coefficient (Wildman–Crippen LogP) is 3.54. The first-order chi connectivity index (χ1) is 11.8. The number of rotatable bonds is 5. The molecule has 1 aliphatic heterocycles. The second-order valence-corrected chi connectivity index (χ2v) is 6.09. The number of nitrogens with one attached hydrogen (secondary N) is 1. The van der Waals surface area contributed by atoms with Gasteiger partial charge in [0.15, 0.2) is 0 Å². The van der Waals surface area contributed by atoms with Crippen LogP contribution in [0.4, 0.5) is 0 Å². The molecule has 0 bridgehead atoms. The van der Waals surface area contributed by atoms with Crippen molar-refractivity contribution in [3.05, 3.63) is 77.4 Å². The normalized spacial score (nSPS) is 18.1. The predicted molar refractivity (Wildman–Crippen MR) is 94.2 cm³/mol. The topological polar surface area (TPSA) is 52.6 Å². The molecule has 4 heteroatoms. The van der Waals surface area contributed by atoms with Gasteiger partial charge in [-0.05, 0) is 42.2 Å². The summed E-state index contributed by atoms with van der Waals surface area (Å²) in [6.45, 7) is 2.10. The van der Waals surface area contributed by atoms with Gasteiger partial charge in [-0.15, -0.1) is 0 Å². The maximum Gasteiger partial charge on any atom is 0.267 e. The third kappa shape index (κ3) is 4.10. The molecule has 4 nitrogen and oxygen atoms in total. The Hall–Kier alpha value is -2.43. The minimum absolute atomic E-state index is 0.448. The zero-order valence-electron chi connectivity index (χ0n) is 13.6. The second kappa shape index (κ2) is 7.90. The fourth-order valence-corrected chi connectivity index (χ4v) is 3.25. The van der Waals surface area contributed by atoms with Gasteiger partial charge in [-0.25, -0.2) is 5.48 Å². The van der Waals surface area contributed by atoms with Gasteiger partial charge in [0.25, 0.3) is 5.91 Å². The Morgan fingerprint density at radius 1 is 1.17 bits per heavy atom. The molecule has 0 spiro atoms. The van der Waals surface area contributed by atoms with Gasteiger partial charge >= 0.3 is 0 Å². The number of hydroxylamine groups is 1. The lowest BCUT2D eigenvalue weighted by molar-refractivity contribution is -0.124. The summed E-state index contributed by atoms with van der Waals surface area (Å²) in [6.07, 6.45) is 5.39. The van der Waals surface area contributed by atoms with E-state index in [2.05, 4.69) is 41.3 Å². The van der Waals surface area contributed by atoms with E-state index < -0.39 is 5.91 Å². The fraction of sp³-hybridized carbons (Fsp3) is 0.250. The Labute approximate surface area is 142 Å². The average Bonchev–Trinajstić information content (AvgIpc) is 3.09. The van der Waals surface area contributed by atoms with E-state index in [9.17, 15) is 4.79 Å². The number of hydrogen-bond acceptors (Lipinski definition) is 3. The van der Waals surface area contributed by atoms with Crippen LogP contribution in [0.15, 0.2) is 60.7 Å². The molecule has 1 fully saturated rings. The van der Waals surface area contributed by atoms with Gasteiger partial charge in [-0.1, -0.05) is 54.6 Å². The number of hydrogen-bond donors (Lipinski definition) is 2. The third-order valence-corrected chi connectivity index (χ3v) is 4.45. The standard InChI is InChI=1S/C20H22N2O2/c23-20(21-24)13-10-16-8-11-18(12-9-16)19-7-4-14-22(19)15-17-5-2-1-3-6-17/h1-3,5-6,8-13,19,24H,4,7,14-15H2,(H,21,23). The molecule has 1 aliphatic rings. The molecule has 1 unspecified atom stereocenters. The molecule has 0 saturated carbocycles. The first-order valence-electron chi connectivity index (χ1n) is 8.26. The van der Waals surface area contributed by atoms with Crippen molar-refractivity contribution in [3.63, 3.8) is 0 Å². The van der Waals surface area contributed by atoms with Gasteiger partial charge in [-0.3, -0.25) is 14.9 Å². The first kappa shape index (κ1) is 16.4. The number of benzene rings is 2. The van der Waals surface area contributed by atoms with Gasteiger partial charge in [0.2, 0.25) is 0 Å². The van der Waals surface area contributed by atoms with Crippen LogP contribution in [0.25, 0.3) is 6.08 Å². The molecule has 0 aliphatic carbocycles. The van der Waals surface area contributed by atoms with Crippen LogP contribution < -0.4 is 5.48 Å². The highest BCUT2D eigenvalue weighted by Gasteiger charge is 2.25. The Kier molecular flexibility index (Phi) is 5.41. The Morgan fingerprint density at radius 2 is 1.92 bits per heavy atom. The quantitative estimate of drug-likeness (QED) is 0.503. The van der Waals surface area contributed by atoms with Crippen LogP contribution >= 0.6 is 0 Å². The lowest BCUT2D eigenvalue weighted by Gasteiger charge is -2.25. The van der Waals surface area contributed by atoms with Crippen molar-refractivity contribution >= 4 is 12.0 Å². The van der Waals surface area contributed by atoms with Crippen LogP contribution in [0, 0.1) is 0 Å². The van der Waals surface area contributed by atoms with Gasteiger partial charge < -0.3 is 0 Å². The van der Waals surface area contributed by atoms with E-state index >= 15 is 0 Å². The first-order valence-corrected chi connectivity index (χ1v) is 8.26. The summed E-state index contributed by atoms with van der Waals surface area (Å²) in [7, 11) is 0. The van der Waals surface area contributed by atoms with Crippen LogP contribution in [0.5, 0.6) is 0 Å². The minimum Gasteiger partial charge on any atom is -0.292 e. The largest absolute Gasteiger partial charge is 0.292 e. The molecule has 2 aromatic rings. The van der Waals surface area contributed by atoms with Crippen LogP contribution in [-0.4, -0.2) is 22.6 Å². The van der Waals surface area contributed by atoms with Crippen molar-refractivity contribution in [1.29, 1.82) is 0 Å². The molecule has 1 saturated heterocycles. The zero-order valence-corrected chi connectivity index (χ0v) is 13.6. The summed E-state index contributed by atoms with van der Waals surface area (Å²) in [5, 5.41) is 8.49.